The molecule has 0 radical (unpaired) electrons. The van der Waals surface area contributed by atoms with Gasteiger partial charge in [-0.05, 0) is 30.7 Å². The Labute approximate surface area is 142 Å². The molecule has 1 aliphatic heterocycles. The fraction of sp³-hybridized carbons (Fsp3) is 0.400. The van der Waals surface area contributed by atoms with E-state index in [0.29, 0.717) is 10.9 Å². The monoisotopic (exact) mass is 369 g/mol. The van der Waals surface area contributed by atoms with Crippen LogP contribution in [0.1, 0.15) is 5.56 Å². The molecule has 1 saturated heterocycles. The number of nitrogens with zero attached hydrogens (tertiary/aromatic N) is 3. The zero-order chi connectivity index (χ0) is 17.5. The van der Waals surface area contributed by atoms with Crippen LogP contribution in [-0.2, 0) is 20.0 Å². The minimum atomic E-state index is -3.70. The molecule has 2 aromatic rings. The van der Waals surface area contributed by atoms with Crippen molar-refractivity contribution >= 4 is 30.9 Å². The lowest BCUT2D eigenvalue weighted by Gasteiger charge is -2.32. The number of pyridine rings is 1. The van der Waals surface area contributed by atoms with Crippen LogP contribution in [0.4, 0.5) is 0 Å². The fourth-order valence-electron chi connectivity index (χ4n) is 2.89. The number of rotatable bonds is 3. The molecule has 9 heteroatoms. The van der Waals surface area contributed by atoms with E-state index in [1.807, 2.05) is 6.92 Å². The van der Waals surface area contributed by atoms with E-state index >= 15 is 0 Å². The van der Waals surface area contributed by atoms with Crippen LogP contribution >= 0.6 is 0 Å². The van der Waals surface area contributed by atoms with Crippen LogP contribution in [0.25, 0.3) is 10.9 Å². The Bertz CT molecular complexity index is 979. The normalized spacial score (nSPS) is 18.1. The average Bonchev–Trinajstić information content (AvgIpc) is 2.54. The lowest BCUT2D eigenvalue weighted by atomic mass is 10.1. The molecule has 1 aromatic carbocycles. The highest BCUT2D eigenvalue weighted by Gasteiger charge is 2.32. The molecule has 24 heavy (non-hydrogen) atoms. The molecular weight excluding hydrogens is 350 g/mol. The Kier molecular flexibility index (Phi) is 4.37. The Balaban J connectivity index is 1.97. The van der Waals surface area contributed by atoms with E-state index in [2.05, 4.69) is 4.98 Å². The molecule has 7 nitrogen and oxygen atoms in total. The first-order valence-corrected chi connectivity index (χ1v) is 10.8. The molecule has 0 atom stereocenters. The van der Waals surface area contributed by atoms with E-state index in [0.717, 1.165) is 11.8 Å². The number of fused-ring (bicyclic) bond motifs is 1. The maximum atomic E-state index is 13.0. The molecule has 130 valence electrons. The lowest BCUT2D eigenvalue weighted by Crippen LogP contribution is -2.50. The Morgan fingerprint density at radius 2 is 1.58 bits per heavy atom. The SMILES string of the molecule is Cc1ccc(S(=O)(=O)N2CCN(S(C)(=O)=O)CC2)c2cccnc12. The first-order chi connectivity index (χ1) is 11.2. The molecule has 0 spiro atoms. The largest absolute Gasteiger partial charge is 0.256 e. The summed E-state index contributed by atoms with van der Waals surface area (Å²) in [7, 11) is -7.00. The smallest absolute Gasteiger partial charge is 0.243 e. The van der Waals surface area contributed by atoms with Gasteiger partial charge in [-0.25, -0.2) is 16.8 Å². The summed E-state index contributed by atoms with van der Waals surface area (Å²) in [5.74, 6) is 0. The molecule has 1 aliphatic rings. The van der Waals surface area contributed by atoms with Crippen molar-refractivity contribution in [2.45, 2.75) is 11.8 Å². The van der Waals surface area contributed by atoms with Crippen molar-refractivity contribution in [1.29, 1.82) is 0 Å². The van der Waals surface area contributed by atoms with Gasteiger partial charge in [0.05, 0.1) is 16.7 Å². The number of benzene rings is 1. The van der Waals surface area contributed by atoms with Crippen LogP contribution in [0, 0.1) is 6.92 Å². The standard InChI is InChI=1S/C15H19N3O4S2/c1-12-5-6-14(13-4-3-7-16-15(12)13)24(21,22)18-10-8-17(9-11-18)23(2,19)20/h3-7H,8-11H2,1-2H3. The third-order valence-corrected chi connectivity index (χ3v) is 7.48. The zero-order valence-corrected chi connectivity index (χ0v) is 15.1. The summed E-state index contributed by atoms with van der Waals surface area (Å²) in [5.41, 5.74) is 1.57. The summed E-state index contributed by atoms with van der Waals surface area (Å²) in [6.07, 6.45) is 2.77. The topological polar surface area (TPSA) is 87.7 Å². The van der Waals surface area contributed by atoms with Gasteiger partial charge in [0.15, 0.2) is 0 Å². The summed E-state index contributed by atoms with van der Waals surface area (Å²) in [6, 6.07) is 6.80. The van der Waals surface area contributed by atoms with Crippen LogP contribution in [-0.4, -0.2) is 62.9 Å². The molecule has 0 amide bonds. The summed E-state index contributed by atoms with van der Waals surface area (Å²) >= 11 is 0. The number of aryl methyl sites for hydroxylation is 1. The van der Waals surface area contributed by atoms with E-state index in [1.54, 1.807) is 30.5 Å². The van der Waals surface area contributed by atoms with E-state index < -0.39 is 20.0 Å². The van der Waals surface area contributed by atoms with Gasteiger partial charge >= 0.3 is 0 Å². The van der Waals surface area contributed by atoms with Gasteiger partial charge in [-0.3, -0.25) is 4.98 Å². The highest BCUT2D eigenvalue weighted by atomic mass is 32.2. The molecule has 2 heterocycles. The van der Waals surface area contributed by atoms with Crippen LogP contribution in [0.2, 0.25) is 0 Å². The molecule has 0 unspecified atom stereocenters. The van der Waals surface area contributed by atoms with E-state index in [4.69, 9.17) is 0 Å². The summed E-state index contributed by atoms with van der Waals surface area (Å²) < 4.78 is 51.8. The van der Waals surface area contributed by atoms with Crippen LogP contribution < -0.4 is 0 Å². The van der Waals surface area contributed by atoms with Gasteiger partial charge in [-0.2, -0.15) is 8.61 Å². The fourth-order valence-corrected chi connectivity index (χ4v) is 5.32. The highest BCUT2D eigenvalue weighted by Crippen LogP contribution is 2.27. The van der Waals surface area contributed by atoms with E-state index in [1.165, 1.54) is 8.61 Å². The van der Waals surface area contributed by atoms with E-state index in [9.17, 15) is 16.8 Å². The van der Waals surface area contributed by atoms with Crippen molar-refractivity contribution < 1.29 is 16.8 Å². The third kappa shape index (κ3) is 3.04. The average molecular weight is 369 g/mol. The van der Waals surface area contributed by atoms with Crippen molar-refractivity contribution in [3.8, 4) is 0 Å². The van der Waals surface area contributed by atoms with Crippen LogP contribution in [0.5, 0.6) is 0 Å². The Morgan fingerprint density at radius 1 is 0.958 bits per heavy atom. The van der Waals surface area contributed by atoms with Crippen molar-refractivity contribution in [3.63, 3.8) is 0 Å². The van der Waals surface area contributed by atoms with Gasteiger partial charge < -0.3 is 0 Å². The van der Waals surface area contributed by atoms with Gasteiger partial charge in [-0.1, -0.05) is 6.07 Å². The molecule has 1 fully saturated rings. The first kappa shape index (κ1) is 17.3. The Morgan fingerprint density at radius 3 is 2.21 bits per heavy atom. The van der Waals surface area contributed by atoms with Gasteiger partial charge in [0.1, 0.15) is 0 Å². The maximum Gasteiger partial charge on any atom is 0.243 e. The van der Waals surface area contributed by atoms with Crippen molar-refractivity contribution in [2.24, 2.45) is 0 Å². The van der Waals surface area contributed by atoms with Crippen LogP contribution in [0.15, 0.2) is 35.4 Å². The second kappa shape index (κ2) is 6.07. The van der Waals surface area contributed by atoms with Crippen molar-refractivity contribution in [2.75, 3.05) is 32.4 Å². The number of hydrogen-bond acceptors (Lipinski definition) is 5. The van der Waals surface area contributed by atoms with Gasteiger partial charge in [0.2, 0.25) is 20.0 Å². The van der Waals surface area contributed by atoms with E-state index in [-0.39, 0.29) is 31.1 Å². The quantitative estimate of drug-likeness (QED) is 0.799. The van der Waals surface area contributed by atoms with Crippen LogP contribution in [0.3, 0.4) is 0 Å². The predicted molar refractivity (Wildman–Crippen MR) is 91.7 cm³/mol. The van der Waals surface area contributed by atoms with Crippen molar-refractivity contribution in [3.05, 3.63) is 36.0 Å². The zero-order valence-electron chi connectivity index (χ0n) is 13.5. The van der Waals surface area contributed by atoms with Gasteiger partial charge in [0.25, 0.3) is 0 Å². The van der Waals surface area contributed by atoms with Crippen molar-refractivity contribution in [1.82, 2.24) is 13.6 Å². The molecule has 0 bridgehead atoms. The molecule has 0 N–H and O–H groups in total. The first-order valence-electron chi connectivity index (χ1n) is 7.51. The minimum Gasteiger partial charge on any atom is -0.256 e. The lowest BCUT2D eigenvalue weighted by molar-refractivity contribution is 0.274. The number of aromatic nitrogens is 1. The minimum absolute atomic E-state index is 0.144. The second-order valence-corrected chi connectivity index (χ2v) is 9.74. The molecule has 0 aliphatic carbocycles. The molecular formula is C15H19N3O4S2. The molecule has 1 aromatic heterocycles. The summed E-state index contributed by atoms with van der Waals surface area (Å²) in [5, 5.41) is 0.586. The third-order valence-electron chi connectivity index (χ3n) is 4.22. The molecule has 0 saturated carbocycles. The number of sulfonamides is 2. The Hall–Kier alpha value is -1.55. The summed E-state index contributed by atoms with van der Waals surface area (Å²) in [6.45, 7) is 2.51. The summed E-state index contributed by atoms with van der Waals surface area (Å²) in [4.78, 5) is 4.49. The van der Waals surface area contributed by atoms with Gasteiger partial charge in [-0.15, -0.1) is 0 Å². The maximum absolute atomic E-state index is 13.0. The highest BCUT2D eigenvalue weighted by molar-refractivity contribution is 7.89. The molecule has 3 rings (SSSR count). The predicted octanol–water partition coefficient (Wildman–Crippen LogP) is 0.809. The second-order valence-electron chi connectivity index (χ2n) is 5.85. The number of piperazine rings is 1. The van der Waals surface area contributed by atoms with Gasteiger partial charge in [0, 0.05) is 37.8 Å². The number of hydrogen-bond donors (Lipinski definition) is 0.